The average molecular weight is 520 g/mol. The minimum absolute atomic E-state index is 0.0433. The molecule has 0 radical (unpaired) electrons. The van der Waals surface area contributed by atoms with Crippen LogP contribution in [0.25, 0.3) is 6.08 Å². The first-order valence-electron chi connectivity index (χ1n) is 11.6. The lowest BCUT2D eigenvalue weighted by Crippen LogP contribution is -2.40. The van der Waals surface area contributed by atoms with E-state index in [0.29, 0.717) is 32.1 Å². The van der Waals surface area contributed by atoms with E-state index in [0.717, 1.165) is 11.3 Å². The lowest BCUT2D eigenvalue weighted by atomic mass is 9.95. The number of rotatable bonds is 8. The molecule has 3 aromatic rings. The highest BCUT2D eigenvalue weighted by atomic mass is 32.1. The molecule has 0 fully saturated rings. The van der Waals surface area contributed by atoms with Crippen LogP contribution < -0.4 is 29.3 Å². The molecule has 8 nitrogen and oxygen atoms in total. The highest BCUT2D eigenvalue weighted by Gasteiger charge is 2.34. The topological polar surface area (TPSA) is 82.4 Å². The third-order valence-electron chi connectivity index (χ3n) is 6.00. The van der Waals surface area contributed by atoms with Crippen LogP contribution in [0.5, 0.6) is 11.5 Å². The van der Waals surface area contributed by atoms with Gasteiger partial charge < -0.3 is 19.1 Å². The molecular formula is C28H29N3O5S. The second kappa shape index (κ2) is 10.9. The fourth-order valence-corrected chi connectivity index (χ4v) is 5.20. The number of hydrogen-bond donors (Lipinski definition) is 0. The van der Waals surface area contributed by atoms with E-state index in [2.05, 4.69) is 11.6 Å². The summed E-state index contributed by atoms with van der Waals surface area (Å²) >= 11 is 1.28. The fourth-order valence-electron chi connectivity index (χ4n) is 4.15. The first-order chi connectivity index (χ1) is 17.8. The normalized spacial score (nSPS) is 15.1. The highest BCUT2D eigenvalue weighted by molar-refractivity contribution is 7.07. The minimum atomic E-state index is -0.758. The fraction of sp³-hybridized carbons (Fsp3) is 0.250. The monoisotopic (exact) mass is 519 g/mol. The Balaban J connectivity index is 1.91. The van der Waals surface area contributed by atoms with E-state index in [1.54, 1.807) is 30.7 Å². The second-order valence-electron chi connectivity index (χ2n) is 8.57. The number of benzene rings is 2. The number of carbonyl (C=O) groups excluding carboxylic acids is 1. The zero-order valence-electron chi connectivity index (χ0n) is 21.5. The van der Waals surface area contributed by atoms with E-state index in [9.17, 15) is 9.59 Å². The molecule has 0 unspecified atom stereocenters. The molecule has 9 heteroatoms. The summed E-state index contributed by atoms with van der Waals surface area (Å²) in [7, 11) is 7.03. The third-order valence-corrected chi connectivity index (χ3v) is 6.99. The smallest absolute Gasteiger partial charge is 0.338 e. The van der Waals surface area contributed by atoms with Crippen molar-refractivity contribution in [1.29, 1.82) is 0 Å². The quantitative estimate of drug-likeness (QED) is 0.336. The van der Waals surface area contributed by atoms with Crippen LogP contribution in [-0.2, 0) is 9.53 Å². The molecule has 37 heavy (non-hydrogen) atoms. The van der Waals surface area contributed by atoms with Gasteiger partial charge in [-0.15, -0.1) is 0 Å². The lowest BCUT2D eigenvalue weighted by Gasteiger charge is -2.25. The van der Waals surface area contributed by atoms with Gasteiger partial charge in [-0.2, -0.15) is 0 Å². The van der Waals surface area contributed by atoms with E-state index >= 15 is 0 Å². The Labute approximate surface area is 219 Å². The zero-order valence-corrected chi connectivity index (χ0v) is 22.3. The number of anilines is 1. The van der Waals surface area contributed by atoms with Crippen LogP contribution in [-0.4, -0.2) is 45.5 Å². The van der Waals surface area contributed by atoms with Crippen LogP contribution in [0.4, 0.5) is 5.69 Å². The van der Waals surface area contributed by atoms with Crippen molar-refractivity contribution in [2.24, 2.45) is 4.99 Å². The summed E-state index contributed by atoms with van der Waals surface area (Å²) in [6.07, 6.45) is 3.33. The molecule has 1 atom stereocenters. The van der Waals surface area contributed by atoms with E-state index in [1.807, 2.05) is 55.4 Å². The van der Waals surface area contributed by atoms with E-state index < -0.39 is 12.0 Å². The highest BCUT2D eigenvalue weighted by Crippen LogP contribution is 2.36. The number of nitrogens with zero attached hydrogens (tertiary/aromatic N) is 3. The van der Waals surface area contributed by atoms with Gasteiger partial charge in [0.2, 0.25) is 0 Å². The van der Waals surface area contributed by atoms with Gasteiger partial charge in [-0.05, 0) is 48.4 Å². The Hall–Kier alpha value is -4.11. The van der Waals surface area contributed by atoms with Crippen LogP contribution in [0, 0.1) is 0 Å². The van der Waals surface area contributed by atoms with E-state index in [4.69, 9.17) is 14.2 Å². The SMILES string of the molecule is C=CCOC(=O)C1=C(C)N=c2s/c(=C/c3ccc(N(C)C)cc3)c(=O)n2[C@H]1c1ccc(OC)c(OC)c1. The van der Waals surface area contributed by atoms with Crippen LogP contribution in [0.2, 0.25) is 0 Å². The summed E-state index contributed by atoms with van der Waals surface area (Å²) in [4.78, 5) is 34.1. The minimum Gasteiger partial charge on any atom is -0.493 e. The van der Waals surface area contributed by atoms with Crippen LogP contribution in [0.15, 0.2) is 76.2 Å². The van der Waals surface area contributed by atoms with Gasteiger partial charge in [-0.1, -0.05) is 42.2 Å². The third kappa shape index (κ3) is 5.08. The molecule has 1 aliphatic heterocycles. The number of aromatic nitrogens is 1. The molecular weight excluding hydrogens is 490 g/mol. The number of fused-ring (bicyclic) bond motifs is 1. The van der Waals surface area contributed by atoms with Crippen molar-refractivity contribution < 1.29 is 19.0 Å². The molecule has 4 rings (SSSR count). The van der Waals surface area contributed by atoms with Crippen molar-refractivity contribution in [2.45, 2.75) is 13.0 Å². The molecule has 0 saturated carbocycles. The number of allylic oxidation sites excluding steroid dienone is 1. The molecule has 0 N–H and O–H groups in total. The van der Waals surface area contributed by atoms with Crippen molar-refractivity contribution in [3.63, 3.8) is 0 Å². The Kier molecular flexibility index (Phi) is 7.63. The van der Waals surface area contributed by atoms with Crippen LogP contribution >= 0.6 is 11.3 Å². The van der Waals surface area contributed by atoms with Gasteiger partial charge in [-0.3, -0.25) is 9.36 Å². The van der Waals surface area contributed by atoms with Gasteiger partial charge in [0.1, 0.15) is 6.61 Å². The summed E-state index contributed by atoms with van der Waals surface area (Å²) in [5.41, 5.74) is 3.13. The van der Waals surface area contributed by atoms with Crippen molar-refractivity contribution in [1.82, 2.24) is 4.57 Å². The number of methoxy groups -OCH3 is 2. The Morgan fingerprint density at radius 1 is 1.14 bits per heavy atom. The number of esters is 1. The van der Waals surface area contributed by atoms with Gasteiger partial charge in [0, 0.05) is 19.8 Å². The van der Waals surface area contributed by atoms with Gasteiger partial charge in [0.15, 0.2) is 16.3 Å². The predicted molar refractivity (Wildman–Crippen MR) is 145 cm³/mol. The predicted octanol–water partition coefficient (Wildman–Crippen LogP) is 3.05. The maximum absolute atomic E-state index is 13.8. The number of thiazole rings is 1. The van der Waals surface area contributed by atoms with Crippen molar-refractivity contribution in [3.05, 3.63) is 97.2 Å². The molecule has 0 bridgehead atoms. The summed E-state index contributed by atoms with van der Waals surface area (Å²) < 4.78 is 18.3. The zero-order chi connectivity index (χ0) is 26.7. The average Bonchev–Trinajstić information content (AvgIpc) is 3.20. The van der Waals surface area contributed by atoms with Gasteiger partial charge in [0.25, 0.3) is 5.56 Å². The number of carbonyl (C=O) groups is 1. The molecule has 0 amide bonds. The molecule has 0 aliphatic carbocycles. The summed E-state index contributed by atoms with van der Waals surface area (Å²) in [6.45, 7) is 5.41. The Bertz CT molecular complexity index is 1550. The van der Waals surface area contributed by atoms with Gasteiger partial charge in [0.05, 0.1) is 36.1 Å². The Morgan fingerprint density at radius 2 is 1.84 bits per heavy atom. The molecule has 0 spiro atoms. The molecule has 192 valence electrons. The van der Waals surface area contributed by atoms with Crippen molar-refractivity contribution in [3.8, 4) is 11.5 Å². The number of ether oxygens (including phenoxy) is 3. The molecule has 2 aromatic carbocycles. The maximum atomic E-state index is 13.8. The molecule has 2 heterocycles. The molecule has 0 saturated heterocycles. The number of hydrogen-bond acceptors (Lipinski definition) is 8. The standard InChI is InChI=1S/C28H29N3O5S/c1-7-14-36-27(33)24-17(2)29-28-31(25(24)19-10-13-21(34-5)22(16-19)35-6)26(32)23(37-28)15-18-8-11-20(12-9-18)30(3)4/h7-13,15-16,25H,1,14H2,2-6H3/b23-15+/t25-/m0/s1. The van der Waals surface area contributed by atoms with Crippen molar-refractivity contribution >= 4 is 29.1 Å². The Morgan fingerprint density at radius 3 is 2.46 bits per heavy atom. The second-order valence-corrected chi connectivity index (χ2v) is 9.58. The van der Waals surface area contributed by atoms with Gasteiger partial charge in [-0.25, -0.2) is 9.79 Å². The summed E-state index contributed by atoms with van der Waals surface area (Å²) in [5.74, 6) is 0.461. The largest absolute Gasteiger partial charge is 0.493 e. The van der Waals surface area contributed by atoms with E-state index in [1.165, 1.54) is 24.5 Å². The van der Waals surface area contributed by atoms with Crippen molar-refractivity contribution in [2.75, 3.05) is 39.8 Å². The molecule has 1 aromatic heterocycles. The molecule has 1 aliphatic rings. The van der Waals surface area contributed by atoms with Gasteiger partial charge >= 0.3 is 5.97 Å². The van der Waals surface area contributed by atoms with Crippen LogP contribution in [0.3, 0.4) is 0 Å². The first kappa shape index (κ1) is 26.0. The maximum Gasteiger partial charge on any atom is 0.338 e. The van der Waals surface area contributed by atoms with Crippen LogP contribution in [0.1, 0.15) is 24.1 Å². The first-order valence-corrected chi connectivity index (χ1v) is 12.4. The van der Waals surface area contributed by atoms with E-state index in [-0.39, 0.29) is 17.7 Å². The summed E-state index contributed by atoms with van der Waals surface area (Å²) in [6, 6.07) is 12.5. The summed E-state index contributed by atoms with van der Waals surface area (Å²) in [5, 5.41) is 0. The lowest BCUT2D eigenvalue weighted by molar-refractivity contribution is -0.138.